The number of ether oxygens (including phenoxy) is 1. The average molecular weight is 366 g/mol. The minimum absolute atomic E-state index is 0.219. The Labute approximate surface area is 160 Å². The smallest absolute Gasteiger partial charge is 0.410 e. The first-order valence-corrected chi connectivity index (χ1v) is 9.42. The summed E-state index contributed by atoms with van der Waals surface area (Å²) in [5.74, 6) is 0.271. The van der Waals surface area contributed by atoms with Crippen molar-refractivity contribution in [1.82, 2.24) is 10.2 Å². The van der Waals surface area contributed by atoms with Gasteiger partial charge in [0.25, 0.3) is 5.91 Å². The summed E-state index contributed by atoms with van der Waals surface area (Å²) >= 11 is 0. The first kappa shape index (κ1) is 19.0. The van der Waals surface area contributed by atoms with E-state index in [0.29, 0.717) is 19.0 Å². The molecule has 1 aliphatic heterocycles. The SMILES string of the molecule is CNC(=O)COC(=O)N1CCC(Cc2ccc(-c3ccccc3)cc2)CC1. The second-order valence-electron chi connectivity index (χ2n) is 6.93. The lowest BCUT2D eigenvalue weighted by molar-refractivity contribution is -0.123. The lowest BCUT2D eigenvalue weighted by Crippen LogP contribution is -2.40. The maximum absolute atomic E-state index is 12.0. The molecule has 142 valence electrons. The van der Waals surface area contributed by atoms with E-state index >= 15 is 0 Å². The standard InChI is InChI=1S/C22H26N2O3/c1-23-21(25)16-27-22(26)24-13-11-18(12-14-24)15-17-7-9-20(10-8-17)19-5-3-2-4-6-19/h2-10,18H,11-16H2,1H3,(H,23,25). The third kappa shape index (κ3) is 5.33. The number of hydrogen-bond acceptors (Lipinski definition) is 3. The van der Waals surface area contributed by atoms with Crippen molar-refractivity contribution >= 4 is 12.0 Å². The summed E-state index contributed by atoms with van der Waals surface area (Å²) in [5.41, 5.74) is 3.79. The minimum Gasteiger partial charge on any atom is -0.439 e. The second-order valence-corrected chi connectivity index (χ2v) is 6.93. The van der Waals surface area contributed by atoms with Gasteiger partial charge < -0.3 is 15.0 Å². The molecule has 0 saturated carbocycles. The van der Waals surface area contributed by atoms with Crippen molar-refractivity contribution in [3.8, 4) is 11.1 Å². The molecule has 0 aromatic heterocycles. The van der Waals surface area contributed by atoms with Gasteiger partial charge in [-0.1, -0.05) is 54.6 Å². The van der Waals surface area contributed by atoms with E-state index in [1.54, 1.807) is 4.90 Å². The summed E-state index contributed by atoms with van der Waals surface area (Å²) in [6.45, 7) is 1.14. The summed E-state index contributed by atoms with van der Waals surface area (Å²) in [7, 11) is 1.52. The molecule has 1 fully saturated rings. The fourth-order valence-electron chi connectivity index (χ4n) is 3.41. The Bertz CT molecular complexity index is 751. The van der Waals surface area contributed by atoms with Crippen LogP contribution in [0.5, 0.6) is 0 Å². The molecule has 5 heteroatoms. The average Bonchev–Trinajstić information content (AvgIpc) is 2.73. The van der Waals surface area contributed by atoms with E-state index in [1.807, 2.05) is 6.07 Å². The molecule has 2 aromatic rings. The summed E-state index contributed by atoms with van der Waals surface area (Å²) in [4.78, 5) is 24.8. The number of likely N-dealkylation sites (tertiary alicyclic amines) is 1. The molecular formula is C22H26N2O3. The molecule has 3 rings (SSSR count). The van der Waals surface area contributed by atoms with Gasteiger partial charge in [-0.25, -0.2) is 4.79 Å². The zero-order chi connectivity index (χ0) is 19.1. The van der Waals surface area contributed by atoms with Gasteiger partial charge >= 0.3 is 6.09 Å². The fourth-order valence-corrected chi connectivity index (χ4v) is 3.41. The quantitative estimate of drug-likeness (QED) is 0.881. The topological polar surface area (TPSA) is 58.6 Å². The van der Waals surface area contributed by atoms with E-state index in [0.717, 1.165) is 19.3 Å². The molecule has 0 bridgehead atoms. The van der Waals surface area contributed by atoms with Crippen LogP contribution in [0.1, 0.15) is 18.4 Å². The van der Waals surface area contributed by atoms with E-state index < -0.39 is 6.09 Å². The Hall–Kier alpha value is -2.82. The first-order chi connectivity index (χ1) is 13.2. The Morgan fingerprint density at radius 2 is 1.63 bits per heavy atom. The highest BCUT2D eigenvalue weighted by Gasteiger charge is 2.24. The van der Waals surface area contributed by atoms with Gasteiger partial charge in [0.05, 0.1) is 0 Å². The van der Waals surface area contributed by atoms with E-state index in [9.17, 15) is 9.59 Å². The van der Waals surface area contributed by atoms with Gasteiger partial charge in [0, 0.05) is 20.1 Å². The molecule has 0 atom stereocenters. The molecule has 0 aliphatic carbocycles. The fraction of sp³-hybridized carbons (Fsp3) is 0.364. The van der Waals surface area contributed by atoms with Crippen molar-refractivity contribution in [1.29, 1.82) is 0 Å². The van der Waals surface area contributed by atoms with Crippen LogP contribution in [0.25, 0.3) is 11.1 Å². The zero-order valence-corrected chi connectivity index (χ0v) is 15.7. The summed E-state index contributed by atoms with van der Waals surface area (Å²) < 4.78 is 5.02. The molecule has 2 aromatic carbocycles. The van der Waals surface area contributed by atoms with Gasteiger partial charge in [-0.05, 0) is 41.9 Å². The van der Waals surface area contributed by atoms with Gasteiger partial charge in [-0.2, -0.15) is 0 Å². The molecule has 2 amide bonds. The predicted octanol–water partition coefficient (Wildman–Crippen LogP) is 3.49. The number of nitrogens with one attached hydrogen (secondary N) is 1. The van der Waals surface area contributed by atoms with Crippen LogP contribution in [-0.4, -0.2) is 43.6 Å². The van der Waals surface area contributed by atoms with Gasteiger partial charge in [-0.3, -0.25) is 4.79 Å². The molecule has 1 heterocycles. The molecule has 1 N–H and O–H groups in total. The Morgan fingerprint density at radius 1 is 1.00 bits per heavy atom. The highest BCUT2D eigenvalue weighted by atomic mass is 16.6. The lowest BCUT2D eigenvalue weighted by Gasteiger charge is -2.31. The zero-order valence-electron chi connectivity index (χ0n) is 15.7. The molecule has 0 radical (unpaired) electrons. The molecule has 27 heavy (non-hydrogen) atoms. The summed E-state index contributed by atoms with van der Waals surface area (Å²) in [6, 6.07) is 19.1. The van der Waals surface area contributed by atoms with Gasteiger partial charge in [0.15, 0.2) is 6.61 Å². The highest BCUT2D eigenvalue weighted by Crippen LogP contribution is 2.24. The van der Waals surface area contributed by atoms with Crippen LogP contribution in [-0.2, 0) is 16.0 Å². The van der Waals surface area contributed by atoms with Crippen LogP contribution in [0.2, 0.25) is 0 Å². The lowest BCUT2D eigenvalue weighted by atomic mass is 9.90. The van der Waals surface area contributed by atoms with Crippen molar-refractivity contribution in [3.05, 3.63) is 60.2 Å². The molecule has 0 spiro atoms. The summed E-state index contributed by atoms with van der Waals surface area (Å²) in [6.07, 6.45) is 2.53. The van der Waals surface area contributed by atoms with Crippen LogP contribution < -0.4 is 5.32 Å². The van der Waals surface area contributed by atoms with Crippen molar-refractivity contribution in [2.75, 3.05) is 26.7 Å². The minimum atomic E-state index is -0.399. The number of rotatable bonds is 5. The maximum Gasteiger partial charge on any atom is 0.410 e. The number of hydrogen-bond donors (Lipinski definition) is 1. The van der Waals surface area contributed by atoms with E-state index in [-0.39, 0.29) is 12.5 Å². The van der Waals surface area contributed by atoms with Crippen LogP contribution in [0.15, 0.2) is 54.6 Å². The number of carbonyl (C=O) groups is 2. The Kier molecular flexibility index (Phi) is 6.47. The number of likely N-dealkylation sites (N-methyl/N-ethyl adjacent to an activating group) is 1. The van der Waals surface area contributed by atoms with Gasteiger partial charge in [0.2, 0.25) is 0 Å². The van der Waals surface area contributed by atoms with Crippen LogP contribution in [0, 0.1) is 5.92 Å². The number of benzene rings is 2. The maximum atomic E-state index is 12.0. The molecule has 0 unspecified atom stereocenters. The largest absolute Gasteiger partial charge is 0.439 e. The normalized spacial score (nSPS) is 14.6. The molecule has 1 saturated heterocycles. The van der Waals surface area contributed by atoms with Crippen LogP contribution in [0.3, 0.4) is 0 Å². The third-order valence-corrected chi connectivity index (χ3v) is 5.06. The van der Waals surface area contributed by atoms with Gasteiger partial charge in [-0.15, -0.1) is 0 Å². The Balaban J connectivity index is 1.46. The molecule has 1 aliphatic rings. The molecule has 5 nitrogen and oxygen atoms in total. The van der Waals surface area contributed by atoms with Crippen LogP contribution >= 0.6 is 0 Å². The van der Waals surface area contributed by atoms with E-state index in [2.05, 4.69) is 53.8 Å². The van der Waals surface area contributed by atoms with E-state index in [1.165, 1.54) is 23.7 Å². The van der Waals surface area contributed by atoms with Crippen molar-refractivity contribution in [2.24, 2.45) is 5.92 Å². The monoisotopic (exact) mass is 366 g/mol. The number of carbonyl (C=O) groups excluding carboxylic acids is 2. The number of amides is 2. The number of nitrogens with zero attached hydrogens (tertiary/aromatic N) is 1. The van der Waals surface area contributed by atoms with Crippen LogP contribution in [0.4, 0.5) is 4.79 Å². The van der Waals surface area contributed by atoms with E-state index in [4.69, 9.17) is 4.74 Å². The van der Waals surface area contributed by atoms with Crippen molar-refractivity contribution in [3.63, 3.8) is 0 Å². The Morgan fingerprint density at radius 3 is 2.26 bits per heavy atom. The van der Waals surface area contributed by atoms with Crippen molar-refractivity contribution < 1.29 is 14.3 Å². The summed E-state index contributed by atoms with van der Waals surface area (Å²) in [5, 5.41) is 2.44. The second kappa shape index (κ2) is 9.21. The van der Waals surface area contributed by atoms with Gasteiger partial charge in [0.1, 0.15) is 0 Å². The third-order valence-electron chi connectivity index (χ3n) is 5.06. The first-order valence-electron chi connectivity index (χ1n) is 9.42. The van der Waals surface area contributed by atoms with Crippen molar-refractivity contribution in [2.45, 2.75) is 19.3 Å². The number of piperidine rings is 1. The predicted molar refractivity (Wildman–Crippen MR) is 105 cm³/mol. The highest BCUT2D eigenvalue weighted by molar-refractivity contribution is 5.79. The molecular weight excluding hydrogens is 340 g/mol.